The second-order valence-electron chi connectivity index (χ2n) is 4.85. The summed E-state index contributed by atoms with van der Waals surface area (Å²) in [4.78, 5) is 0. The smallest absolute Gasteiger partial charge is 0.0833 e. The van der Waals surface area contributed by atoms with E-state index in [1.54, 1.807) is 0 Å². The molecule has 0 aromatic heterocycles. The molecule has 0 saturated heterocycles. The zero-order valence-corrected chi connectivity index (χ0v) is 8.95. The van der Waals surface area contributed by atoms with Crippen LogP contribution in [0.2, 0.25) is 0 Å². The van der Waals surface area contributed by atoms with Gasteiger partial charge in [-0.25, -0.2) is 0 Å². The van der Waals surface area contributed by atoms with Crippen LogP contribution in [0.25, 0.3) is 0 Å². The summed E-state index contributed by atoms with van der Waals surface area (Å²) in [5.74, 6) is 0.943. The van der Waals surface area contributed by atoms with E-state index in [0.29, 0.717) is 0 Å². The lowest BCUT2D eigenvalue weighted by molar-refractivity contribution is -0.0418. The van der Waals surface area contributed by atoms with E-state index in [0.717, 1.165) is 25.4 Å². The minimum Gasteiger partial charge on any atom is -0.390 e. The number of hydrogen-bond donors (Lipinski definition) is 1. The van der Waals surface area contributed by atoms with Crippen molar-refractivity contribution in [2.45, 2.75) is 63.6 Å². The van der Waals surface area contributed by atoms with Crippen LogP contribution in [0.4, 0.5) is 0 Å². The molecule has 2 aliphatic carbocycles. The highest BCUT2D eigenvalue weighted by atomic mass is 16.5. The van der Waals surface area contributed by atoms with E-state index in [1.165, 1.54) is 38.5 Å². The molecule has 2 rings (SSSR count). The number of rotatable bonds is 4. The molecule has 2 saturated carbocycles. The Kier molecular flexibility index (Phi) is 3.82. The van der Waals surface area contributed by atoms with Gasteiger partial charge in [-0.2, -0.15) is 0 Å². The Hall–Kier alpha value is -0.0800. The highest BCUT2D eigenvalue weighted by Gasteiger charge is 2.24. The first-order valence-corrected chi connectivity index (χ1v) is 6.16. The minimum atomic E-state index is -0.197. The van der Waals surface area contributed by atoms with Gasteiger partial charge in [0.15, 0.2) is 0 Å². The van der Waals surface area contributed by atoms with Gasteiger partial charge in [0.1, 0.15) is 0 Å². The number of ether oxygens (including phenoxy) is 1. The fraction of sp³-hybridized carbons (Fsp3) is 1.00. The predicted molar refractivity (Wildman–Crippen MR) is 56.2 cm³/mol. The molecule has 0 heterocycles. The van der Waals surface area contributed by atoms with E-state index in [4.69, 9.17) is 4.74 Å². The Labute approximate surface area is 86.6 Å². The van der Waals surface area contributed by atoms with E-state index >= 15 is 0 Å². The third-order valence-corrected chi connectivity index (χ3v) is 3.47. The Morgan fingerprint density at radius 1 is 1.00 bits per heavy atom. The minimum absolute atomic E-state index is 0.135. The van der Waals surface area contributed by atoms with Gasteiger partial charge in [0.05, 0.1) is 12.2 Å². The van der Waals surface area contributed by atoms with Crippen LogP contribution >= 0.6 is 0 Å². The van der Waals surface area contributed by atoms with E-state index in [2.05, 4.69) is 0 Å². The maximum absolute atomic E-state index is 9.80. The van der Waals surface area contributed by atoms with Crippen LogP contribution in [0.15, 0.2) is 0 Å². The lowest BCUT2D eigenvalue weighted by atomic mass is 10.1. The fourth-order valence-corrected chi connectivity index (χ4v) is 2.24. The van der Waals surface area contributed by atoms with Gasteiger partial charge in [-0.3, -0.25) is 0 Å². The zero-order chi connectivity index (χ0) is 9.80. The molecule has 0 amide bonds. The average molecular weight is 198 g/mol. The molecule has 14 heavy (non-hydrogen) atoms. The van der Waals surface area contributed by atoms with Crippen molar-refractivity contribution in [2.24, 2.45) is 5.92 Å². The summed E-state index contributed by atoms with van der Waals surface area (Å²) in [5, 5.41) is 9.80. The van der Waals surface area contributed by atoms with Gasteiger partial charge in [0.25, 0.3) is 0 Å². The molecule has 0 aliphatic heterocycles. The van der Waals surface area contributed by atoms with Crippen molar-refractivity contribution in [1.29, 1.82) is 0 Å². The lowest BCUT2D eigenvalue weighted by Crippen LogP contribution is -2.28. The Morgan fingerprint density at radius 2 is 1.79 bits per heavy atom. The second kappa shape index (κ2) is 5.13. The van der Waals surface area contributed by atoms with Crippen molar-refractivity contribution in [1.82, 2.24) is 0 Å². The van der Waals surface area contributed by atoms with Crippen LogP contribution in [0.3, 0.4) is 0 Å². The summed E-state index contributed by atoms with van der Waals surface area (Å²) in [5.41, 5.74) is 0. The van der Waals surface area contributed by atoms with Crippen molar-refractivity contribution in [3.05, 3.63) is 0 Å². The second-order valence-corrected chi connectivity index (χ2v) is 4.85. The molecule has 0 radical (unpaired) electrons. The molecule has 82 valence electrons. The number of aliphatic hydroxyl groups excluding tert-OH is 1. The quantitative estimate of drug-likeness (QED) is 0.703. The maximum atomic E-state index is 9.80. The molecule has 2 nitrogen and oxygen atoms in total. The van der Waals surface area contributed by atoms with E-state index in [-0.39, 0.29) is 12.2 Å². The Balaban J connectivity index is 1.64. The number of hydrogen-bond acceptors (Lipinski definition) is 2. The molecule has 1 N–H and O–H groups in total. The maximum Gasteiger partial charge on any atom is 0.0833 e. The monoisotopic (exact) mass is 198 g/mol. The first-order chi connectivity index (χ1) is 6.86. The van der Waals surface area contributed by atoms with Crippen LogP contribution in [-0.4, -0.2) is 23.9 Å². The van der Waals surface area contributed by atoms with Gasteiger partial charge in [-0.05, 0) is 25.2 Å². The fourth-order valence-electron chi connectivity index (χ4n) is 2.24. The van der Waals surface area contributed by atoms with Gasteiger partial charge in [-0.1, -0.05) is 32.1 Å². The van der Waals surface area contributed by atoms with E-state index in [1.807, 2.05) is 0 Å². The highest BCUT2D eigenvalue weighted by Crippen LogP contribution is 2.32. The molecule has 2 aliphatic rings. The van der Waals surface area contributed by atoms with Crippen LogP contribution < -0.4 is 0 Å². The summed E-state index contributed by atoms with van der Waals surface area (Å²) >= 11 is 0. The van der Waals surface area contributed by atoms with Crippen molar-refractivity contribution in [3.63, 3.8) is 0 Å². The summed E-state index contributed by atoms with van der Waals surface area (Å²) < 4.78 is 5.78. The molecule has 0 bridgehead atoms. The predicted octanol–water partition coefficient (Wildman–Crippen LogP) is 2.50. The van der Waals surface area contributed by atoms with Crippen molar-refractivity contribution in [2.75, 3.05) is 6.61 Å². The van der Waals surface area contributed by atoms with Crippen LogP contribution in [0.5, 0.6) is 0 Å². The summed E-state index contributed by atoms with van der Waals surface area (Å²) in [6.45, 7) is 0.867. The van der Waals surface area contributed by atoms with E-state index in [9.17, 15) is 5.11 Å². The molecule has 0 aromatic rings. The van der Waals surface area contributed by atoms with Crippen molar-refractivity contribution < 1.29 is 9.84 Å². The normalized spacial score (nSPS) is 34.1. The molecule has 2 unspecified atom stereocenters. The first-order valence-electron chi connectivity index (χ1n) is 6.16. The molecular formula is C12H22O2. The van der Waals surface area contributed by atoms with Gasteiger partial charge in [0.2, 0.25) is 0 Å². The summed E-state index contributed by atoms with van der Waals surface area (Å²) in [6, 6.07) is 0. The number of aliphatic hydroxyl groups is 1. The zero-order valence-electron chi connectivity index (χ0n) is 8.95. The van der Waals surface area contributed by atoms with E-state index < -0.39 is 0 Å². The molecule has 2 atom stereocenters. The van der Waals surface area contributed by atoms with Gasteiger partial charge < -0.3 is 9.84 Å². The van der Waals surface area contributed by atoms with Crippen LogP contribution in [0.1, 0.15) is 51.4 Å². The van der Waals surface area contributed by atoms with Crippen molar-refractivity contribution in [3.8, 4) is 0 Å². The largest absolute Gasteiger partial charge is 0.390 e. The summed E-state index contributed by atoms with van der Waals surface area (Å²) in [6.07, 6.45) is 9.61. The summed E-state index contributed by atoms with van der Waals surface area (Å²) in [7, 11) is 0. The third-order valence-electron chi connectivity index (χ3n) is 3.47. The van der Waals surface area contributed by atoms with Gasteiger partial charge in [-0.15, -0.1) is 0 Å². The Morgan fingerprint density at radius 3 is 2.57 bits per heavy atom. The molecule has 0 aromatic carbocycles. The third kappa shape index (κ3) is 3.25. The van der Waals surface area contributed by atoms with Crippen molar-refractivity contribution >= 4 is 0 Å². The van der Waals surface area contributed by atoms with Gasteiger partial charge >= 0.3 is 0 Å². The van der Waals surface area contributed by atoms with Crippen LogP contribution in [0, 0.1) is 5.92 Å². The molecular weight excluding hydrogens is 176 g/mol. The van der Waals surface area contributed by atoms with Crippen LogP contribution in [-0.2, 0) is 4.74 Å². The van der Waals surface area contributed by atoms with Gasteiger partial charge in [0, 0.05) is 6.61 Å². The standard InChI is InChI=1S/C12H22O2/c13-11-4-2-1-3-5-12(11)14-9-8-10-6-7-10/h10-13H,1-9H2. The lowest BCUT2D eigenvalue weighted by Gasteiger charge is -2.20. The molecule has 2 heteroatoms. The first kappa shape index (κ1) is 10.4. The SMILES string of the molecule is OC1CCCCCC1OCCC1CC1. The Bertz CT molecular complexity index is 166. The molecule has 2 fully saturated rings. The molecule has 0 spiro atoms. The topological polar surface area (TPSA) is 29.5 Å². The highest BCUT2D eigenvalue weighted by molar-refractivity contribution is 4.75. The average Bonchev–Trinajstić information content (AvgIpc) is 2.97.